The van der Waals surface area contributed by atoms with Gasteiger partial charge in [-0.3, -0.25) is 4.79 Å². The molecule has 1 N–H and O–H groups in total. The van der Waals surface area contributed by atoms with E-state index in [0.29, 0.717) is 19.3 Å². The van der Waals surface area contributed by atoms with Crippen LogP contribution >= 0.6 is 0 Å². The van der Waals surface area contributed by atoms with Crippen LogP contribution in [0.1, 0.15) is 31.7 Å². The smallest absolute Gasteiger partial charge is 0.223 e. The number of para-hydroxylation sites is 1. The first-order chi connectivity index (χ1) is 14.1. The van der Waals surface area contributed by atoms with Crippen LogP contribution in [0, 0.1) is 11.3 Å². The first kappa shape index (κ1) is 20.5. The van der Waals surface area contributed by atoms with Gasteiger partial charge < -0.3 is 14.6 Å². The summed E-state index contributed by atoms with van der Waals surface area (Å²) in [5, 5.41) is 10.5. The zero-order valence-corrected chi connectivity index (χ0v) is 17.2. The van der Waals surface area contributed by atoms with Crippen LogP contribution in [-0.2, 0) is 11.2 Å². The Morgan fingerprint density at radius 3 is 2.59 bits per heavy atom. The molecule has 1 unspecified atom stereocenters. The molecule has 0 aliphatic rings. The molecule has 0 spiro atoms. The maximum absolute atomic E-state index is 12.7. The molecule has 29 heavy (non-hydrogen) atoms. The summed E-state index contributed by atoms with van der Waals surface area (Å²) in [5.74, 6) is 0.803. The number of aryl methyl sites for hydroxylation is 1. The number of amides is 1. The normalized spacial score (nSPS) is 11.8. The third kappa shape index (κ3) is 4.43. The Labute approximate surface area is 171 Å². The van der Waals surface area contributed by atoms with Crippen LogP contribution < -0.4 is 4.74 Å². The second-order valence-corrected chi connectivity index (χ2v) is 7.19. The van der Waals surface area contributed by atoms with Gasteiger partial charge in [-0.05, 0) is 54.3 Å². The van der Waals surface area contributed by atoms with Crippen LogP contribution in [0.15, 0.2) is 48.5 Å². The van der Waals surface area contributed by atoms with Crippen molar-refractivity contribution >= 4 is 16.8 Å². The zero-order valence-electron chi connectivity index (χ0n) is 17.2. The summed E-state index contributed by atoms with van der Waals surface area (Å²) in [6.07, 6.45) is 2.55. The fourth-order valence-electron chi connectivity index (χ4n) is 3.66. The van der Waals surface area contributed by atoms with Gasteiger partial charge in [0.2, 0.25) is 5.91 Å². The highest BCUT2D eigenvalue weighted by molar-refractivity contribution is 5.91. The van der Waals surface area contributed by atoms with E-state index in [1.54, 1.807) is 19.1 Å². The minimum Gasteiger partial charge on any atom is -0.497 e. The zero-order chi connectivity index (χ0) is 20.8. The van der Waals surface area contributed by atoms with E-state index < -0.39 is 0 Å². The van der Waals surface area contributed by atoms with Crippen molar-refractivity contribution in [3.63, 3.8) is 0 Å². The summed E-state index contributed by atoms with van der Waals surface area (Å²) >= 11 is 0. The van der Waals surface area contributed by atoms with E-state index in [2.05, 4.69) is 17.1 Å². The predicted octanol–water partition coefficient (Wildman–Crippen LogP) is 4.93. The molecule has 0 radical (unpaired) electrons. The van der Waals surface area contributed by atoms with Gasteiger partial charge in [0.1, 0.15) is 11.8 Å². The van der Waals surface area contributed by atoms with Gasteiger partial charge in [-0.2, -0.15) is 5.26 Å². The molecule has 0 aliphatic carbocycles. The van der Waals surface area contributed by atoms with Crippen LogP contribution in [-0.4, -0.2) is 36.0 Å². The highest BCUT2D eigenvalue weighted by Crippen LogP contribution is 2.32. The quantitative estimate of drug-likeness (QED) is 0.594. The number of carbonyl (C=O) groups excluding carboxylic acids is 1. The second kappa shape index (κ2) is 9.29. The highest BCUT2D eigenvalue weighted by Gasteiger charge is 2.20. The molecular formula is C24H27N3O2. The van der Waals surface area contributed by atoms with Gasteiger partial charge in [0.25, 0.3) is 0 Å². The monoisotopic (exact) mass is 389 g/mol. The van der Waals surface area contributed by atoms with Crippen molar-refractivity contribution in [1.82, 2.24) is 9.88 Å². The number of fused-ring (bicyclic) bond motifs is 1. The topological polar surface area (TPSA) is 69.1 Å². The maximum atomic E-state index is 12.7. The van der Waals surface area contributed by atoms with Crippen LogP contribution in [0.25, 0.3) is 22.2 Å². The lowest BCUT2D eigenvalue weighted by molar-refractivity contribution is -0.131. The number of aromatic amines is 1. The van der Waals surface area contributed by atoms with E-state index in [1.165, 1.54) is 0 Å². The first-order valence-electron chi connectivity index (χ1n) is 9.98. The number of nitriles is 1. The van der Waals surface area contributed by atoms with E-state index >= 15 is 0 Å². The summed E-state index contributed by atoms with van der Waals surface area (Å²) in [7, 11) is 3.38. The number of benzene rings is 2. The van der Waals surface area contributed by atoms with E-state index in [4.69, 9.17) is 4.74 Å². The Morgan fingerprint density at radius 1 is 1.21 bits per heavy atom. The molecule has 1 aromatic heterocycles. The summed E-state index contributed by atoms with van der Waals surface area (Å²) in [5.41, 5.74) is 4.25. The summed E-state index contributed by atoms with van der Waals surface area (Å²) in [6.45, 7) is 2.02. The predicted molar refractivity (Wildman–Crippen MR) is 116 cm³/mol. The van der Waals surface area contributed by atoms with Gasteiger partial charge in [-0.1, -0.05) is 31.5 Å². The molecule has 3 aromatic rings. The summed E-state index contributed by atoms with van der Waals surface area (Å²) in [6, 6.07) is 17.9. The van der Waals surface area contributed by atoms with Crippen molar-refractivity contribution in [2.45, 2.75) is 38.6 Å². The van der Waals surface area contributed by atoms with Crippen molar-refractivity contribution in [3.05, 3.63) is 54.1 Å². The number of hydrogen-bond donors (Lipinski definition) is 1. The van der Waals surface area contributed by atoms with Crippen molar-refractivity contribution in [2.75, 3.05) is 14.2 Å². The molecule has 5 nitrogen and oxygen atoms in total. The molecule has 2 aromatic carbocycles. The Bertz CT molecular complexity index is 1010. The fraction of sp³-hybridized carbons (Fsp3) is 0.333. The minimum absolute atomic E-state index is 0.00374. The van der Waals surface area contributed by atoms with Crippen LogP contribution in [0.2, 0.25) is 0 Å². The second-order valence-electron chi connectivity index (χ2n) is 7.19. The number of H-pyrrole nitrogens is 1. The largest absolute Gasteiger partial charge is 0.497 e. The summed E-state index contributed by atoms with van der Waals surface area (Å²) in [4.78, 5) is 17.8. The number of nitrogens with one attached hydrogen (secondary N) is 1. The third-order valence-electron chi connectivity index (χ3n) is 5.35. The van der Waals surface area contributed by atoms with Crippen LogP contribution in [0.3, 0.4) is 0 Å². The number of ether oxygens (including phenoxy) is 1. The number of hydrogen-bond acceptors (Lipinski definition) is 3. The Kier molecular flexibility index (Phi) is 6.56. The molecule has 1 atom stereocenters. The van der Waals surface area contributed by atoms with Gasteiger partial charge in [0, 0.05) is 30.1 Å². The molecular weight excluding hydrogens is 362 g/mol. The first-order valence-corrected chi connectivity index (χ1v) is 9.98. The standard InChI is InChI=1S/C24H27N3O2/c1-4-7-18(16-25)27(2)23(28)15-14-21-20-8-5-6-9-22(20)26-24(21)17-10-12-19(29-3)13-11-17/h5-6,8-13,18,26H,4,7,14-15H2,1-3H3. The molecule has 0 bridgehead atoms. The SMILES string of the molecule is CCCC(C#N)N(C)C(=O)CCc1c(-c2ccc(OC)cc2)[nH]c2ccccc12. The number of nitrogens with zero attached hydrogens (tertiary/aromatic N) is 2. The van der Waals surface area contributed by atoms with E-state index in [0.717, 1.165) is 39.9 Å². The molecule has 5 heteroatoms. The molecule has 0 saturated heterocycles. The van der Waals surface area contributed by atoms with Gasteiger partial charge in [-0.25, -0.2) is 0 Å². The maximum Gasteiger partial charge on any atom is 0.223 e. The number of aromatic nitrogens is 1. The fourth-order valence-corrected chi connectivity index (χ4v) is 3.66. The molecule has 3 rings (SSSR count). The molecule has 0 aliphatic heterocycles. The van der Waals surface area contributed by atoms with E-state index in [1.807, 2.05) is 49.4 Å². The Morgan fingerprint density at radius 2 is 1.93 bits per heavy atom. The van der Waals surface area contributed by atoms with Crippen molar-refractivity contribution in [1.29, 1.82) is 5.26 Å². The van der Waals surface area contributed by atoms with Crippen LogP contribution in [0.4, 0.5) is 0 Å². The highest BCUT2D eigenvalue weighted by atomic mass is 16.5. The lowest BCUT2D eigenvalue weighted by Crippen LogP contribution is -2.36. The van der Waals surface area contributed by atoms with Crippen molar-refractivity contribution in [3.8, 4) is 23.1 Å². The van der Waals surface area contributed by atoms with Gasteiger partial charge in [-0.15, -0.1) is 0 Å². The van der Waals surface area contributed by atoms with E-state index in [9.17, 15) is 10.1 Å². The number of methoxy groups -OCH3 is 1. The number of rotatable bonds is 8. The average Bonchev–Trinajstić information content (AvgIpc) is 3.14. The molecule has 1 heterocycles. The third-order valence-corrected chi connectivity index (χ3v) is 5.35. The van der Waals surface area contributed by atoms with E-state index in [-0.39, 0.29) is 11.9 Å². The molecule has 150 valence electrons. The number of carbonyl (C=O) groups is 1. The van der Waals surface area contributed by atoms with Gasteiger partial charge in [0.15, 0.2) is 0 Å². The molecule has 0 fully saturated rings. The Hall–Kier alpha value is -3.26. The average molecular weight is 389 g/mol. The van der Waals surface area contributed by atoms with Crippen molar-refractivity contribution in [2.24, 2.45) is 0 Å². The van der Waals surface area contributed by atoms with Gasteiger partial charge in [0.05, 0.1) is 13.2 Å². The molecule has 0 saturated carbocycles. The molecule has 1 amide bonds. The minimum atomic E-state index is -0.364. The van der Waals surface area contributed by atoms with Crippen LogP contribution in [0.5, 0.6) is 5.75 Å². The lowest BCUT2D eigenvalue weighted by atomic mass is 10.0. The lowest BCUT2D eigenvalue weighted by Gasteiger charge is -2.22. The van der Waals surface area contributed by atoms with Crippen molar-refractivity contribution < 1.29 is 9.53 Å². The Balaban J connectivity index is 1.88. The van der Waals surface area contributed by atoms with Gasteiger partial charge >= 0.3 is 0 Å². The summed E-state index contributed by atoms with van der Waals surface area (Å²) < 4.78 is 5.27.